The van der Waals surface area contributed by atoms with Crippen LogP contribution in [0.15, 0.2) is 18.2 Å². The molecule has 1 aliphatic heterocycles. The fraction of sp³-hybridized carbons (Fsp3) is 0.588. The van der Waals surface area contributed by atoms with Crippen LogP contribution < -0.4 is 10.6 Å². The molecule has 1 atom stereocenters. The zero-order chi connectivity index (χ0) is 15.2. The summed E-state index contributed by atoms with van der Waals surface area (Å²) in [6.45, 7) is 11.3. The number of nitrogens with zero attached hydrogens (tertiary/aromatic N) is 1. The molecule has 4 nitrogen and oxygen atoms in total. The van der Waals surface area contributed by atoms with Crippen LogP contribution in [0.5, 0.6) is 0 Å². The van der Waals surface area contributed by atoms with Crippen LogP contribution in [0.2, 0.25) is 0 Å². The van der Waals surface area contributed by atoms with Gasteiger partial charge in [0.05, 0.1) is 0 Å². The number of hydrogen-bond acceptors (Lipinski definition) is 3. The minimum atomic E-state index is 0.0381. The molecule has 1 heterocycles. The van der Waals surface area contributed by atoms with Crippen LogP contribution in [-0.4, -0.2) is 43.5 Å². The zero-order valence-corrected chi connectivity index (χ0v) is 13.4. The third kappa shape index (κ3) is 4.21. The van der Waals surface area contributed by atoms with E-state index >= 15 is 0 Å². The molecule has 1 unspecified atom stereocenters. The molecule has 0 saturated carbocycles. The van der Waals surface area contributed by atoms with Crippen LogP contribution in [0, 0.1) is 12.8 Å². The molecule has 1 fully saturated rings. The normalized spacial score (nSPS) is 18.7. The van der Waals surface area contributed by atoms with Crippen molar-refractivity contribution in [2.75, 3.05) is 38.0 Å². The first-order valence-corrected chi connectivity index (χ1v) is 7.99. The molecule has 1 aromatic rings. The lowest BCUT2D eigenvalue weighted by Gasteiger charge is -2.14. The van der Waals surface area contributed by atoms with Gasteiger partial charge in [-0.2, -0.15) is 0 Å². The van der Waals surface area contributed by atoms with Crippen molar-refractivity contribution in [3.8, 4) is 0 Å². The van der Waals surface area contributed by atoms with Crippen LogP contribution in [0.1, 0.15) is 36.2 Å². The van der Waals surface area contributed by atoms with Gasteiger partial charge >= 0.3 is 0 Å². The Kier molecular flexibility index (Phi) is 5.62. The summed E-state index contributed by atoms with van der Waals surface area (Å²) in [4.78, 5) is 14.7. The molecular formula is C17H27N3O. The maximum absolute atomic E-state index is 12.2. The van der Waals surface area contributed by atoms with Gasteiger partial charge in [0.15, 0.2) is 0 Å². The third-order valence-corrected chi connectivity index (χ3v) is 4.22. The Morgan fingerprint density at radius 1 is 1.38 bits per heavy atom. The third-order valence-electron chi connectivity index (χ3n) is 4.22. The van der Waals surface area contributed by atoms with Gasteiger partial charge in [0.2, 0.25) is 0 Å². The van der Waals surface area contributed by atoms with Gasteiger partial charge in [-0.15, -0.1) is 0 Å². The second kappa shape index (κ2) is 7.46. The van der Waals surface area contributed by atoms with Gasteiger partial charge in [0, 0.05) is 30.9 Å². The number of likely N-dealkylation sites (tertiary alicyclic amines) is 1. The Morgan fingerprint density at radius 3 is 2.81 bits per heavy atom. The van der Waals surface area contributed by atoms with E-state index in [0.717, 1.165) is 49.5 Å². The predicted molar refractivity (Wildman–Crippen MR) is 87.9 cm³/mol. The number of carbonyl (C=O) groups is 1. The lowest BCUT2D eigenvalue weighted by Crippen LogP contribution is -2.31. The highest BCUT2D eigenvalue weighted by Gasteiger charge is 2.21. The molecule has 1 aliphatic rings. The van der Waals surface area contributed by atoms with E-state index in [0.29, 0.717) is 5.92 Å². The molecule has 0 radical (unpaired) electrons. The first-order valence-electron chi connectivity index (χ1n) is 7.99. The van der Waals surface area contributed by atoms with Crippen LogP contribution in [0.25, 0.3) is 0 Å². The quantitative estimate of drug-likeness (QED) is 0.845. The molecule has 1 amide bonds. The minimum absolute atomic E-state index is 0.0381. The van der Waals surface area contributed by atoms with Crippen LogP contribution in [0.3, 0.4) is 0 Å². The van der Waals surface area contributed by atoms with E-state index in [1.807, 2.05) is 25.1 Å². The first kappa shape index (κ1) is 15.8. The number of nitrogens with one attached hydrogen (secondary N) is 2. The van der Waals surface area contributed by atoms with Gasteiger partial charge < -0.3 is 15.5 Å². The number of hydrogen-bond donors (Lipinski definition) is 2. The highest BCUT2D eigenvalue weighted by molar-refractivity contribution is 5.94. The molecule has 2 N–H and O–H groups in total. The number of aryl methyl sites for hydroxylation is 1. The van der Waals surface area contributed by atoms with Crippen molar-refractivity contribution in [1.82, 2.24) is 10.2 Å². The summed E-state index contributed by atoms with van der Waals surface area (Å²) in [6, 6.07) is 5.84. The van der Waals surface area contributed by atoms with Crippen molar-refractivity contribution in [1.29, 1.82) is 0 Å². The van der Waals surface area contributed by atoms with E-state index < -0.39 is 0 Å². The fourth-order valence-corrected chi connectivity index (χ4v) is 2.90. The second-order valence-electron chi connectivity index (χ2n) is 5.82. The number of anilines is 1. The highest BCUT2D eigenvalue weighted by atomic mass is 16.1. The largest absolute Gasteiger partial charge is 0.385 e. The number of carbonyl (C=O) groups excluding carboxylic acids is 1. The minimum Gasteiger partial charge on any atom is -0.385 e. The number of benzene rings is 1. The molecule has 116 valence electrons. The Hall–Kier alpha value is -1.55. The van der Waals surface area contributed by atoms with Crippen molar-refractivity contribution in [3.63, 3.8) is 0 Å². The van der Waals surface area contributed by atoms with Crippen LogP contribution in [0.4, 0.5) is 5.69 Å². The van der Waals surface area contributed by atoms with E-state index in [9.17, 15) is 4.79 Å². The summed E-state index contributed by atoms with van der Waals surface area (Å²) in [7, 11) is 0. The average molecular weight is 289 g/mol. The molecule has 1 saturated heterocycles. The van der Waals surface area contributed by atoms with Crippen LogP contribution >= 0.6 is 0 Å². The smallest absolute Gasteiger partial charge is 0.251 e. The Labute approximate surface area is 127 Å². The number of rotatable bonds is 6. The monoisotopic (exact) mass is 289 g/mol. The highest BCUT2D eigenvalue weighted by Crippen LogP contribution is 2.17. The predicted octanol–water partition coefficient (Wildman–Crippen LogP) is 2.50. The molecule has 0 aromatic heterocycles. The molecule has 0 bridgehead atoms. The van der Waals surface area contributed by atoms with Gasteiger partial charge in [-0.05, 0) is 63.0 Å². The zero-order valence-electron chi connectivity index (χ0n) is 13.4. The topological polar surface area (TPSA) is 44.4 Å². The molecule has 0 aliphatic carbocycles. The summed E-state index contributed by atoms with van der Waals surface area (Å²) in [5, 5.41) is 6.37. The van der Waals surface area contributed by atoms with Gasteiger partial charge in [-0.1, -0.05) is 6.92 Å². The lowest BCUT2D eigenvalue weighted by atomic mass is 10.1. The number of amides is 1. The molecule has 21 heavy (non-hydrogen) atoms. The second-order valence-corrected chi connectivity index (χ2v) is 5.82. The maximum atomic E-state index is 12.2. The van der Waals surface area contributed by atoms with Gasteiger partial charge in [-0.25, -0.2) is 0 Å². The molecule has 1 aromatic carbocycles. The van der Waals surface area contributed by atoms with Crippen molar-refractivity contribution in [2.45, 2.75) is 27.2 Å². The Balaban J connectivity index is 1.87. The van der Waals surface area contributed by atoms with E-state index in [1.165, 1.54) is 6.42 Å². The Morgan fingerprint density at radius 2 is 2.19 bits per heavy atom. The van der Waals surface area contributed by atoms with Crippen LogP contribution in [-0.2, 0) is 0 Å². The summed E-state index contributed by atoms with van der Waals surface area (Å²) in [5.41, 5.74) is 2.96. The van der Waals surface area contributed by atoms with E-state index in [-0.39, 0.29) is 5.91 Å². The molecule has 0 spiro atoms. The molecule has 4 heteroatoms. The van der Waals surface area contributed by atoms with Crippen molar-refractivity contribution in [2.24, 2.45) is 5.92 Å². The maximum Gasteiger partial charge on any atom is 0.251 e. The summed E-state index contributed by atoms with van der Waals surface area (Å²) in [5.74, 6) is 0.632. The SMILES string of the molecule is CCNc1ccc(C(=O)NCC2CCN(CC)C2)cc1C. The fourth-order valence-electron chi connectivity index (χ4n) is 2.90. The van der Waals surface area contributed by atoms with Crippen molar-refractivity contribution in [3.05, 3.63) is 29.3 Å². The summed E-state index contributed by atoms with van der Waals surface area (Å²) in [6.07, 6.45) is 1.19. The van der Waals surface area contributed by atoms with Gasteiger partial charge in [0.1, 0.15) is 0 Å². The van der Waals surface area contributed by atoms with Crippen molar-refractivity contribution >= 4 is 11.6 Å². The summed E-state index contributed by atoms with van der Waals surface area (Å²) >= 11 is 0. The van der Waals surface area contributed by atoms with Gasteiger partial charge in [-0.3, -0.25) is 4.79 Å². The summed E-state index contributed by atoms with van der Waals surface area (Å²) < 4.78 is 0. The van der Waals surface area contributed by atoms with Crippen molar-refractivity contribution < 1.29 is 4.79 Å². The van der Waals surface area contributed by atoms with E-state index in [2.05, 4.69) is 29.4 Å². The molecular weight excluding hydrogens is 262 g/mol. The average Bonchev–Trinajstić information content (AvgIpc) is 2.95. The molecule has 2 rings (SSSR count). The van der Waals surface area contributed by atoms with E-state index in [1.54, 1.807) is 0 Å². The standard InChI is InChI=1S/C17H27N3O/c1-4-18-16-7-6-15(10-13(16)3)17(21)19-11-14-8-9-20(5-2)12-14/h6-7,10,14,18H,4-5,8-9,11-12H2,1-3H3,(H,19,21). The Bertz CT molecular complexity index is 487. The lowest BCUT2D eigenvalue weighted by molar-refractivity contribution is 0.0947. The first-order chi connectivity index (χ1) is 10.1. The van der Waals surface area contributed by atoms with Gasteiger partial charge in [0.25, 0.3) is 5.91 Å². The van der Waals surface area contributed by atoms with E-state index in [4.69, 9.17) is 0 Å².